The fourth-order valence-corrected chi connectivity index (χ4v) is 6.61. The van der Waals surface area contributed by atoms with Gasteiger partial charge in [-0.3, -0.25) is 9.88 Å². The molecule has 7 aromatic rings. The summed E-state index contributed by atoms with van der Waals surface area (Å²) in [5, 5.41) is 1.21. The number of hydrogen-bond donors (Lipinski definition) is 0. The van der Waals surface area contributed by atoms with E-state index in [0.717, 1.165) is 40.7 Å². The monoisotopic (exact) mass is 581 g/mol. The van der Waals surface area contributed by atoms with Crippen LogP contribution in [0.4, 0.5) is 22.9 Å². The lowest BCUT2D eigenvalue weighted by atomic mass is 9.92. The molecule has 3 aromatic heterocycles. The fraction of sp³-hybridized carbons (Fsp3) is 0.0500. The Hall–Kier alpha value is -5.94. The molecule has 0 bridgehead atoms. The van der Waals surface area contributed by atoms with E-state index in [9.17, 15) is 0 Å². The third-order valence-electron chi connectivity index (χ3n) is 8.45. The summed E-state index contributed by atoms with van der Waals surface area (Å²) >= 11 is 0. The summed E-state index contributed by atoms with van der Waals surface area (Å²) in [6.45, 7) is 0. The molecule has 0 saturated carbocycles. The van der Waals surface area contributed by atoms with Crippen LogP contribution < -0.4 is 9.80 Å². The first-order valence-corrected chi connectivity index (χ1v) is 15.3. The van der Waals surface area contributed by atoms with Crippen LogP contribution in [0.5, 0.6) is 0 Å². The summed E-state index contributed by atoms with van der Waals surface area (Å²) in [7, 11) is 0. The average Bonchev–Trinajstić information content (AvgIpc) is 3.45. The normalized spacial score (nSPS) is 14.0. The van der Waals surface area contributed by atoms with Gasteiger partial charge in [0, 0.05) is 52.5 Å². The summed E-state index contributed by atoms with van der Waals surface area (Å²) in [6.07, 6.45) is 8.77. The van der Waals surface area contributed by atoms with Crippen molar-refractivity contribution < 1.29 is 0 Å². The van der Waals surface area contributed by atoms with Crippen molar-refractivity contribution in [2.75, 3.05) is 9.80 Å². The molecule has 1 unspecified atom stereocenters. The van der Waals surface area contributed by atoms with E-state index in [2.05, 4.69) is 159 Å². The van der Waals surface area contributed by atoms with Crippen molar-refractivity contribution in [2.45, 2.75) is 12.5 Å². The van der Waals surface area contributed by atoms with Gasteiger partial charge in [0.15, 0.2) is 0 Å². The average molecular weight is 582 g/mol. The van der Waals surface area contributed by atoms with Gasteiger partial charge in [-0.25, -0.2) is 4.98 Å². The summed E-state index contributed by atoms with van der Waals surface area (Å²) in [5.74, 6) is 0.886. The molecule has 0 fully saturated rings. The van der Waals surface area contributed by atoms with E-state index in [1.165, 1.54) is 22.2 Å². The van der Waals surface area contributed by atoms with Gasteiger partial charge in [-0.05, 0) is 72.8 Å². The first-order chi connectivity index (χ1) is 22.4. The smallest absolute Gasteiger partial charge is 0.137 e. The highest BCUT2D eigenvalue weighted by Gasteiger charge is 2.36. The predicted molar refractivity (Wildman–Crippen MR) is 184 cm³/mol. The van der Waals surface area contributed by atoms with E-state index >= 15 is 0 Å². The minimum absolute atomic E-state index is 0.0749. The van der Waals surface area contributed by atoms with Crippen LogP contribution in [0.15, 0.2) is 170 Å². The van der Waals surface area contributed by atoms with Gasteiger partial charge in [0.25, 0.3) is 0 Å². The van der Waals surface area contributed by atoms with Gasteiger partial charge in [0.1, 0.15) is 5.82 Å². The van der Waals surface area contributed by atoms with E-state index in [1.54, 1.807) is 0 Å². The van der Waals surface area contributed by atoms with Gasteiger partial charge in [-0.2, -0.15) is 0 Å². The van der Waals surface area contributed by atoms with Gasteiger partial charge in [-0.15, -0.1) is 0 Å². The summed E-state index contributed by atoms with van der Waals surface area (Å²) in [5.41, 5.74) is 9.16. The highest BCUT2D eigenvalue weighted by Crippen LogP contribution is 2.49. The van der Waals surface area contributed by atoms with Crippen LogP contribution in [0.1, 0.15) is 23.7 Å². The van der Waals surface area contributed by atoms with Gasteiger partial charge < -0.3 is 9.47 Å². The topological polar surface area (TPSA) is 37.2 Å². The third kappa shape index (κ3) is 4.85. The van der Waals surface area contributed by atoms with Crippen LogP contribution in [0, 0.1) is 0 Å². The molecule has 216 valence electrons. The van der Waals surface area contributed by atoms with E-state index in [0.29, 0.717) is 0 Å². The number of fused-ring (bicyclic) bond motifs is 3. The second-order valence-corrected chi connectivity index (χ2v) is 11.1. The summed E-state index contributed by atoms with van der Waals surface area (Å²) < 4.78 is 2.45. The van der Waals surface area contributed by atoms with Crippen molar-refractivity contribution in [1.29, 1.82) is 0 Å². The molecule has 1 atom stereocenters. The molecule has 0 N–H and O–H groups in total. The molecule has 1 aliphatic rings. The second-order valence-electron chi connectivity index (χ2n) is 11.1. The largest absolute Gasteiger partial charge is 0.331 e. The molecular formula is C40H31N5. The Morgan fingerprint density at radius 3 is 1.98 bits per heavy atom. The van der Waals surface area contributed by atoms with Crippen LogP contribution >= 0.6 is 0 Å². The first kappa shape index (κ1) is 26.7. The zero-order chi connectivity index (χ0) is 30.0. The number of aromatic nitrogens is 3. The zero-order valence-corrected chi connectivity index (χ0v) is 24.7. The molecule has 0 aliphatic heterocycles. The lowest BCUT2D eigenvalue weighted by Gasteiger charge is -2.39. The molecule has 0 radical (unpaired) electrons. The SMILES string of the molecule is C1=C(N(c2ccccc2)c2ccccn2)CC(N(c2ccccc2)c2cccnc2)c2c1c1ccccc1n2-c1ccccc1. The van der Waals surface area contributed by atoms with Gasteiger partial charge in [0.2, 0.25) is 0 Å². The van der Waals surface area contributed by atoms with Crippen LogP contribution in [0.25, 0.3) is 22.7 Å². The van der Waals surface area contributed by atoms with Gasteiger partial charge >= 0.3 is 0 Å². The predicted octanol–water partition coefficient (Wildman–Crippen LogP) is 9.88. The van der Waals surface area contributed by atoms with Crippen LogP contribution in [-0.2, 0) is 0 Å². The highest BCUT2D eigenvalue weighted by molar-refractivity contribution is 5.95. The minimum atomic E-state index is -0.0749. The van der Waals surface area contributed by atoms with Crippen molar-refractivity contribution in [2.24, 2.45) is 0 Å². The van der Waals surface area contributed by atoms with Crippen molar-refractivity contribution >= 4 is 39.9 Å². The quantitative estimate of drug-likeness (QED) is 0.188. The maximum atomic E-state index is 4.84. The van der Waals surface area contributed by atoms with Gasteiger partial charge in [0.05, 0.1) is 29.1 Å². The standard InChI is InChI=1S/C40H31N5/c1-4-15-30(16-5-1)43(33-21-14-25-41-29-33)38-28-34(44(31-17-6-2-7-18-31)39-24-12-13-26-42-39)27-36-35-22-10-11-23-37(35)45(40(36)38)32-19-8-3-9-20-32/h1-27,29,38H,28H2. The van der Waals surface area contributed by atoms with Crippen molar-refractivity contribution in [3.8, 4) is 5.69 Å². The molecule has 0 amide bonds. The summed E-state index contributed by atoms with van der Waals surface area (Å²) in [4.78, 5) is 14.2. The number of para-hydroxylation sites is 4. The molecule has 0 saturated heterocycles. The third-order valence-corrected chi connectivity index (χ3v) is 8.45. The van der Waals surface area contributed by atoms with Crippen molar-refractivity contribution in [1.82, 2.24) is 14.5 Å². The Morgan fingerprint density at radius 1 is 0.600 bits per heavy atom. The Balaban J connectivity index is 1.45. The van der Waals surface area contributed by atoms with Gasteiger partial charge in [-0.1, -0.05) is 78.9 Å². The number of hydrogen-bond acceptors (Lipinski definition) is 4. The molecule has 0 spiro atoms. The van der Waals surface area contributed by atoms with Crippen LogP contribution in [0.3, 0.4) is 0 Å². The number of nitrogens with zero attached hydrogens (tertiary/aromatic N) is 5. The van der Waals surface area contributed by atoms with Crippen molar-refractivity contribution in [3.63, 3.8) is 0 Å². The number of anilines is 4. The minimum Gasteiger partial charge on any atom is -0.331 e. The first-order valence-electron chi connectivity index (χ1n) is 15.3. The molecule has 5 heteroatoms. The molecule has 8 rings (SSSR count). The van der Waals surface area contributed by atoms with Crippen LogP contribution in [0.2, 0.25) is 0 Å². The molecule has 5 nitrogen and oxygen atoms in total. The molecule has 3 heterocycles. The number of pyridine rings is 2. The Labute approximate surface area is 263 Å². The van der Waals surface area contributed by atoms with E-state index in [1.807, 2.05) is 30.7 Å². The molecule has 45 heavy (non-hydrogen) atoms. The maximum absolute atomic E-state index is 4.84. The van der Waals surface area contributed by atoms with E-state index < -0.39 is 0 Å². The highest BCUT2D eigenvalue weighted by atomic mass is 15.2. The second kappa shape index (κ2) is 11.6. The fourth-order valence-electron chi connectivity index (χ4n) is 6.61. The molecular weight excluding hydrogens is 550 g/mol. The lowest BCUT2D eigenvalue weighted by molar-refractivity contribution is 0.640. The Morgan fingerprint density at radius 2 is 1.27 bits per heavy atom. The van der Waals surface area contributed by atoms with E-state index in [4.69, 9.17) is 4.98 Å². The zero-order valence-electron chi connectivity index (χ0n) is 24.7. The number of rotatable bonds is 7. The van der Waals surface area contributed by atoms with Crippen molar-refractivity contribution in [3.05, 3.63) is 181 Å². The van der Waals surface area contributed by atoms with E-state index in [-0.39, 0.29) is 6.04 Å². The summed E-state index contributed by atoms with van der Waals surface area (Å²) in [6, 6.07) is 50.9. The molecule has 4 aromatic carbocycles. The number of benzene rings is 4. The Bertz CT molecular complexity index is 1990. The maximum Gasteiger partial charge on any atom is 0.137 e. The molecule has 1 aliphatic carbocycles. The lowest BCUT2D eigenvalue weighted by Crippen LogP contribution is -2.31. The Kier molecular flexibility index (Phi) is 6.89. The van der Waals surface area contributed by atoms with Crippen LogP contribution in [-0.4, -0.2) is 14.5 Å².